The summed E-state index contributed by atoms with van der Waals surface area (Å²) in [4.78, 5) is 8.56. The highest BCUT2D eigenvalue weighted by molar-refractivity contribution is 7.16. The molecular formula is C18H20FN3S. The molecule has 0 bridgehead atoms. The minimum absolute atomic E-state index is 0.244. The van der Waals surface area contributed by atoms with E-state index in [1.807, 2.05) is 0 Å². The van der Waals surface area contributed by atoms with Gasteiger partial charge in [0, 0.05) is 24.0 Å². The van der Waals surface area contributed by atoms with Crippen molar-refractivity contribution >= 4 is 33.5 Å². The third kappa shape index (κ3) is 2.74. The molecule has 4 rings (SSSR count). The van der Waals surface area contributed by atoms with Gasteiger partial charge in [-0.1, -0.05) is 6.92 Å². The van der Waals surface area contributed by atoms with Crippen LogP contribution in [-0.2, 0) is 6.42 Å². The van der Waals surface area contributed by atoms with Crippen LogP contribution in [0.1, 0.15) is 36.6 Å². The number of hydrogen-bond acceptors (Lipinski definition) is 4. The normalized spacial score (nSPS) is 17.0. The van der Waals surface area contributed by atoms with Crippen LogP contribution in [0.3, 0.4) is 0 Å². The quantitative estimate of drug-likeness (QED) is 0.791. The highest BCUT2D eigenvalue weighted by atomic mass is 32.1. The van der Waals surface area contributed by atoms with Crippen molar-refractivity contribution in [2.45, 2.75) is 32.6 Å². The van der Waals surface area contributed by atoms with Gasteiger partial charge in [0.1, 0.15) is 16.7 Å². The summed E-state index contributed by atoms with van der Waals surface area (Å²) in [6, 6.07) is 7.02. The molecule has 0 radical (unpaired) electrons. The molecule has 0 aliphatic carbocycles. The van der Waals surface area contributed by atoms with Crippen molar-refractivity contribution in [2.24, 2.45) is 4.99 Å². The molecule has 1 N–H and O–H groups in total. The smallest absolute Gasteiger partial charge is 0.139 e. The summed E-state index contributed by atoms with van der Waals surface area (Å²) < 4.78 is 13.7. The second-order valence-electron chi connectivity index (χ2n) is 6.08. The molecule has 5 heteroatoms. The van der Waals surface area contributed by atoms with Gasteiger partial charge in [-0.25, -0.2) is 9.38 Å². The number of piperidine rings is 1. The lowest BCUT2D eigenvalue weighted by Crippen LogP contribution is -2.36. The summed E-state index contributed by atoms with van der Waals surface area (Å²) in [6.45, 7) is 4.23. The van der Waals surface area contributed by atoms with Crippen LogP contribution >= 0.6 is 11.3 Å². The van der Waals surface area contributed by atoms with Gasteiger partial charge in [0.25, 0.3) is 0 Å². The zero-order chi connectivity index (χ0) is 15.8. The Kier molecular flexibility index (Phi) is 3.81. The first kappa shape index (κ1) is 14.7. The average molecular weight is 329 g/mol. The number of aryl methyl sites for hydroxylation is 1. The molecule has 3 nitrogen and oxygen atoms in total. The Morgan fingerprint density at radius 1 is 1.22 bits per heavy atom. The van der Waals surface area contributed by atoms with Crippen LogP contribution in [0.25, 0.3) is 0 Å². The molecule has 1 saturated heterocycles. The van der Waals surface area contributed by atoms with Gasteiger partial charge in [-0.05, 0) is 43.9 Å². The van der Waals surface area contributed by atoms with Crippen LogP contribution in [0.2, 0.25) is 0 Å². The standard InChI is InChI=1S/C18H20FN3S/c1-2-13-11-14-17(22-8-4-3-5-9-22)20-16-10-12(19)6-7-15(16)21-18(14)23-13/h6-7,10-11,21H,2-5,8-9H2,1H3. The van der Waals surface area contributed by atoms with Gasteiger partial charge in [-0.15, -0.1) is 11.3 Å². The lowest BCUT2D eigenvalue weighted by molar-refractivity contribution is 0.343. The van der Waals surface area contributed by atoms with Crippen molar-refractivity contribution in [2.75, 3.05) is 18.4 Å². The molecule has 1 aromatic carbocycles. The topological polar surface area (TPSA) is 27.6 Å². The van der Waals surface area contributed by atoms with Crippen molar-refractivity contribution in [3.8, 4) is 0 Å². The van der Waals surface area contributed by atoms with Crippen LogP contribution < -0.4 is 5.32 Å². The molecule has 2 aromatic rings. The third-order valence-electron chi connectivity index (χ3n) is 4.46. The fraction of sp³-hybridized carbons (Fsp3) is 0.389. The van der Waals surface area contributed by atoms with Crippen molar-refractivity contribution < 1.29 is 4.39 Å². The number of nitrogens with one attached hydrogen (secondary N) is 1. The largest absolute Gasteiger partial charge is 0.356 e. The van der Waals surface area contributed by atoms with E-state index in [1.165, 1.54) is 36.3 Å². The van der Waals surface area contributed by atoms with Crippen LogP contribution in [-0.4, -0.2) is 23.8 Å². The van der Waals surface area contributed by atoms with Gasteiger partial charge in [-0.3, -0.25) is 0 Å². The molecule has 1 aromatic heterocycles. The van der Waals surface area contributed by atoms with E-state index in [0.717, 1.165) is 41.6 Å². The van der Waals surface area contributed by atoms with E-state index in [1.54, 1.807) is 17.4 Å². The Balaban J connectivity index is 1.86. The lowest BCUT2D eigenvalue weighted by Gasteiger charge is -2.29. The number of benzene rings is 1. The number of fused-ring (bicyclic) bond motifs is 2. The number of amidine groups is 1. The first-order chi connectivity index (χ1) is 11.2. The number of anilines is 2. The summed E-state index contributed by atoms with van der Waals surface area (Å²) in [5.74, 6) is 0.749. The second kappa shape index (κ2) is 5.96. The number of thiophene rings is 1. The molecule has 1 fully saturated rings. The molecule has 0 spiro atoms. The predicted molar refractivity (Wildman–Crippen MR) is 95.0 cm³/mol. The second-order valence-corrected chi connectivity index (χ2v) is 7.22. The van der Waals surface area contributed by atoms with Gasteiger partial charge in [0.2, 0.25) is 0 Å². The Morgan fingerprint density at radius 3 is 2.83 bits per heavy atom. The maximum absolute atomic E-state index is 13.7. The summed E-state index contributed by atoms with van der Waals surface area (Å²) in [5.41, 5.74) is 2.72. The maximum atomic E-state index is 13.7. The van der Waals surface area contributed by atoms with Gasteiger partial charge < -0.3 is 10.2 Å². The van der Waals surface area contributed by atoms with E-state index in [4.69, 9.17) is 4.99 Å². The molecule has 3 heterocycles. The molecule has 23 heavy (non-hydrogen) atoms. The van der Waals surface area contributed by atoms with Gasteiger partial charge >= 0.3 is 0 Å². The molecule has 0 saturated carbocycles. The van der Waals surface area contributed by atoms with Crippen LogP contribution in [0.5, 0.6) is 0 Å². The zero-order valence-electron chi connectivity index (χ0n) is 13.2. The molecule has 0 amide bonds. The molecule has 0 unspecified atom stereocenters. The number of rotatable bonds is 1. The number of aliphatic imine (C=N–C) groups is 1. The SMILES string of the molecule is CCc1cc2c(s1)Nc1ccc(F)cc1N=C2N1CCCCC1. The highest BCUT2D eigenvalue weighted by Crippen LogP contribution is 2.40. The zero-order valence-corrected chi connectivity index (χ0v) is 14.0. The van der Waals surface area contributed by atoms with E-state index in [0.29, 0.717) is 5.69 Å². The van der Waals surface area contributed by atoms with Crippen LogP contribution in [0, 0.1) is 5.82 Å². The van der Waals surface area contributed by atoms with Gasteiger partial charge in [0.05, 0.1) is 16.9 Å². The Bertz CT molecular complexity index is 760. The van der Waals surface area contributed by atoms with Crippen molar-refractivity contribution in [1.29, 1.82) is 0 Å². The Morgan fingerprint density at radius 2 is 2.04 bits per heavy atom. The number of hydrogen-bond donors (Lipinski definition) is 1. The monoisotopic (exact) mass is 329 g/mol. The van der Waals surface area contributed by atoms with Crippen LogP contribution in [0.4, 0.5) is 20.8 Å². The third-order valence-corrected chi connectivity index (χ3v) is 5.66. The van der Waals surface area contributed by atoms with E-state index in [-0.39, 0.29) is 5.82 Å². The highest BCUT2D eigenvalue weighted by Gasteiger charge is 2.24. The fourth-order valence-corrected chi connectivity index (χ4v) is 4.23. The number of nitrogens with zero attached hydrogens (tertiary/aromatic N) is 2. The van der Waals surface area contributed by atoms with Crippen molar-refractivity contribution in [3.05, 3.63) is 40.5 Å². The van der Waals surface area contributed by atoms with Gasteiger partial charge in [0.15, 0.2) is 0 Å². The summed E-state index contributed by atoms with van der Waals surface area (Å²) in [6.07, 6.45) is 4.69. The Hall–Kier alpha value is -1.88. The summed E-state index contributed by atoms with van der Waals surface area (Å²) in [5, 5.41) is 4.59. The van der Waals surface area contributed by atoms with Gasteiger partial charge in [-0.2, -0.15) is 0 Å². The van der Waals surface area contributed by atoms with Crippen LogP contribution in [0.15, 0.2) is 29.3 Å². The maximum Gasteiger partial charge on any atom is 0.139 e. The minimum atomic E-state index is -0.244. The molecule has 120 valence electrons. The minimum Gasteiger partial charge on any atom is -0.356 e. The molecular weight excluding hydrogens is 309 g/mol. The summed E-state index contributed by atoms with van der Waals surface area (Å²) in [7, 11) is 0. The number of halogens is 1. The number of likely N-dealkylation sites (tertiary alicyclic amines) is 1. The lowest BCUT2D eigenvalue weighted by atomic mass is 10.1. The van der Waals surface area contributed by atoms with E-state index in [2.05, 4.69) is 23.2 Å². The summed E-state index contributed by atoms with van der Waals surface area (Å²) >= 11 is 1.77. The molecule has 2 aliphatic heterocycles. The first-order valence-corrected chi connectivity index (χ1v) is 9.09. The molecule has 0 atom stereocenters. The fourth-order valence-electron chi connectivity index (χ4n) is 3.22. The Labute approximate surface area is 139 Å². The first-order valence-electron chi connectivity index (χ1n) is 8.28. The van der Waals surface area contributed by atoms with Crippen molar-refractivity contribution in [1.82, 2.24) is 4.90 Å². The van der Waals surface area contributed by atoms with E-state index in [9.17, 15) is 4.39 Å². The van der Waals surface area contributed by atoms with Crippen molar-refractivity contribution in [3.63, 3.8) is 0 Å². The van der Waals surface area contributed by atoms with E-state index < -0.39 is 0 Å². The van der Waals surface area contributed by atoms with E-state index >= 15 is 0 Å². The predicted octanol–water partition coefficient (Wildman–Crippen LogP) is 5.07. The average Bonchev–Trinajstić information content (AvgIpc) is 2.92. The molecule has 2 aliphatic rings.